The molecule has 0 bridgehead atoms. The van der Waals surface area contributed by atoms with Crippen LogP contribution in [0.5, 0.6) is 5.88 Å². The fourth-order valence-corrected chi connectivity index (χ4v) is 3.92. The summed E-state index contributed by atoms with van der Waals surface area (Å²) < 4.78 is 5.70. The first-order chi connectivity index (χ1) is 15.0. The molecule has 9 nitrogen and oxygen atoms in total. The Morgan fingerprint density at radius 3 is 2.87 bits per heavy atom. The third-order valence-electron chi connectivity index (χ3n) is 5.56. The molecule has 1 unspecified atom stereocenters. The summed E-state index contributed by atoms with van der Waals surface area (Å²) in [5.74, 6) is 1.01. The second-order valence-electron chi connectivity index (χ2n) is 7.94. The molecule has 31 heavy (non-hydrogen) atoms. The van der Waals surface area contributed by atoms with Crippen molar-refractivity contribution in [3.63, 3.8) is 0 Å². The topological polar surface area (TPSA) is 89.6 Å². The zero-order chi connectivity index (χ0) is 22.0. The number of aromatic nitrogens is 3. The van der Waals surface area contributed by atoms with Crippen molar-refractivity contribution < 1.29 is 9.53 Å². The fourth-order valence-electron chi connectivity index (χ4n) is 3.92. The smallest absolute Gasteiger partial charge is 0.232 e. The summed E-state index contributed by atoms with van der Waals surface area (Å²) in [7, 11) is 6.08. The molecular weight excluding hydrogens is 394 g/mol. The second-order valence-corrected chi connectivity index (χ2v) is 7.94. The number of hydrogen-bond donors (Lipinski definition) is 2. The lowest BCUT2D eigenvalue weighted by Crippen LogP contribution is -2.46. The molecular formula is C22H29N7O2. The first-order valence-corrected chi connectivity index (χ1v) is 10.5. The number of likely N-dealkylation sites (N-methyl/N-ethyl adjacent to an activating group) is 1. The van der Waals surface area contributed by atoms with Gasteiger partial charge in [-0.15, -0.1) is 0 Å². The molecule has 1 aliphatic heterocycles. The van der Waals surface area contributed by atoms with Crippen LogP contribution in [0.1, 0.15) is 18.5 Å². The van der Waals surface area contributed by atoms with E-state index in [1.54, 1.807) is 0 Å². The van der Waals surface area contributed by atoms with Crippen LogP contribution in [0.4, 0.5) is 17.3 Å². The number of carbonyl (C=O) groups excluding carboxylic acids is 1. The van der Waals surface area contributed by atoms with Crippen molar-refractivity contribution in [3.8, 4) is 5.88 Å². The summed E-state index contributed by atoms with van der Waals surface area (Å²) in [4.78, 5) is 30.0. The van der Waals surface area contributed by atoms with E-state index in [4.69, 9.17) is 4.74 Å². The first-order valence-electron chi connectivity index (χ1n) is 10.5. The standard InChI is InChI=1S/C22H29N7O2/c1-5-31-21-16-8-9-23-20(16)25-22(26-21)24-17-7-6-15(12-18(17)27(2)3)19-13-28(4)10-11-29(19)14-30/h6-9,12,14,19H,5,10-11,13H2,1-4H3,(H2,23,24,25,26). The molecule has 0 saturated carbocycles. The lowest BCUT2D eigenvalue weighted by molar-refractivity contribution is -0.122. The van der Waals surface area contributed by atoms with Crippen LogP contribution in [0.3, 0.4) is 0 Å². The van der Waals surface area contributed by atoms with Gasteiger partial charge in [-0.2, -0.15) is 9.97 Å². The van der Waals surface area contributed by atoms with Crippen LogP contribution < -0.4 is 15.0 Å². The Balaban J connectivity index is 1.68. The summed E-state index contributed by atoms with van der Waals surface area (Å²) in [6.07, 6.45) is 2.78. The van der Waals surface area contributed by atoms with Crippen molar-refractivity contribution in [2.75, 3.05) is 57.6 Å². The molecule has 0 aliphatic carbocycles. The zero-order valence-electron chi connectivity index (χ0n) is 18.4. The highest BCUT2D eigenvalue weighted by Gasteiger charge is 2.26. The van der Waals surface area contributed by atoms with Gasteiger partial charge in [-0.25, -0.2) is 0 Å². The predicted molar refractivity (Wildman–Crippen MR) is 122 cm³/mol. The minimum Gasteiger partial charge on any atom is -0.477 e. The number of hydrogen-bond acceptors (Lipinski definition) is 7. The van der Waals surface area contributed by atoms with Crippen LogP contribution in [0.2, 0.25) is 0 Å². The van der Waals surface area contributed by atoms with Crippen molar-refractivity contribution in [1.82, 2.24) is 24.8 Å². The highest BCUT2D eigenvalue weighted by molar-refractivity contribution is 5.83. The Bertz CT molecular complexity index is 1070. The SMILES string of the molecule is CCOc1nc(Nc2ccc(C3CN(C)CCN3C=O)cc2N(C)C)nc2[nH]ccc12. The Kier molecular flexibility index (Phi) is 5.94. The largest absolute Gasteiger partial charge is 0.477 e. The van der Waals surface area contributed by atoms with Crippen LogP contribution in [-0.2, 0) is 4.79 Å². The molecule has 1 saturated heterocycles. The maximum Gasteiger partial charge on any atom is 0.232 e. The van der Waals surface area contributed by atoms with Gasteiger partial charge in [0.1, 0.15) is 5.65 Å². The van der Waals surface area contributed by atoms with Crippen LogP contribution >= 0.6 is 0 Å². The molecule has 0 spiro atoms. The van der Waals surface area contributed by atoms with Gasteiger partial charge in [-0.3, -0.25) is 4.79 Å². The highest BCUT2D eigenvalue weighted by Crippen LogP contribution is 2.33. The van der Waals surface area contributed by atoms with Gasteiger partial charge in [0.25, 0.3) is 0 Å². The van der Waals surface area contributed by atoms with Crippen molar-refractivity contribution in [2.24, 2.45) is 0 Å². The molecule has 1 aromatic carbocycles. The number of benzene rings is 1. The molecule has 1 atom stereocenters. The minimum absolute atomic E-state index is 0.0278. The van der Waals surface area contributed by atoms with Gasteiger partial charge in [-0.1, -0.05) is 6.07 Å². The van der Waals surface area contributed by atoms with E-state index in [-0.39, 0.29) is 6.04 Å². The maximum absolute atomic E-state index is 11.6. The molecule has 4 rings (SSSR count). The number of H-pyrrole nitrogens is 1. The zero-order valence-corrected chi connectivity index (χ0v) is 18.4. The van der Waals surface area contributed by atoms with E-state index in [1.807, 2.05) is 49.1 Å². The number of carbonyl (C=O) groups is 1. The van der Waals surface area contributed by atoms with Crippen molar-refractivity contribution in [1.29, 1.82) is 0 Å². The summed E-state index contributed by atoms with van der Waals surface area (Å²) in [5, 5.41) is 4.19. The summed E-state index contributed by atoms with van der Waals surface area (Å²) in [5.41, 5.74) is 3.69. The molecule has 164 valence electrons. The number of aromatic amines is 1. The molecule has 9 heteroatoms. The maximum atomic E-state index is 11.6. The van der Waals surface area contributed by atoms with Gasteiger partial charge >= 0.3 is 0 Å². The van der Waals surface area contributed by atoms with Crippen molar-refractivity contribution in [3.05, 3.63) is 36.0 Å². The molecule has 3 heterocycles. The number of amides is 1. The van der Waals surface area contributed by atoms with Crippen LogP contribution in [0.25, 0.3) is 11.0 Å². The molecule has 1 fully saturated rings. The number of piperazine rings is 1. The molecule has 1 aliphatic rings. The van der Waals surface area contributed by atoms with E-state index in [0.717, 1.165) is 54.0 Å². The monoisotopic (exact) mass is 423 g/mol. The molecule has 0 radical (unpaired) electrons. The number of ether oxygens (including phenoxy) is 1. The first kappa shape index (κ1) is 20.9. The Labute approximate surface area is 182 Å². The van der Waals surface area contributed by atoms with E-state index in [2.05, 4.69) is 44.3 Å². The average molecular weight is 424 g/mol. The van der Waals surface area contributed by atoms with Gasteiger partial charge in [0.2, 0.25) is 18.2 Å². The van der Waals surface area contributed by atoms with Crippen molar-refractivity contribution in [2.45, 2.75) is 13.0 Å². The highest BCUT2D eigenvalue weighted by atomic mass is 16.5. The van der Waals surface area contributed by atoms with Gasteiger partial charge in [0, 0.05) is 39.9 Å². The lowest BCUT2D eigenvalue weighted by Gasteiger charge is -2.38. The van der Waals surface area contributed by atoms with E-state index >= 15 is 0 Å². The molecule has 1 amide bonds. The minimum atomic E-state index is 0.0278. The third-order valence-corrected chi connectivity index (χ3v) is 5.56. The van der Waals surface area contributed by atoms with E-state index in [1.165, 1.54) is 0 Å². The number of nitrogens with zero attached hydrogens (tertiary/aromatic N) is 5. The normalized spacial score (nSPS) is 17.0. The summed E-state index contributed by atoms with van der Waals surface area (Å²) >= 11 is 0. The van der Waals surface area contributed by atoms with Gasteiger partial charge in [0.15, 0.2) is 0 Å². The van der Waals surface area contributed by atoms with Crippen LogP contribution in [0, 0.1) is 0 Å². The van der Waals surface area contributed by atoms with Crippen molar-refractivity contribution >= 4 is 34.8 Å². The van der Waals surface area contributed by atoms with E-state index in [9.17, 15) is 4.79 Å². The molecule has 3 aromatic rings. The Hall–Kier alpha value is -3.33. The van der Waals surface area contributed by atoms with Crippen LogP contribution in [-0.4, -0.2) is 78.5 Å². The predicted octanol–water partition coefficient (Wildman–Crippen LogP) is 2.61. The number of anilines is 3. The Morgan fingerprint density at radius 2 is 2.13 bits per heavy atom. The van der Waals surface area contributed by atoms with Gasteiger partial charge in [0.05, 0.1) is 29.4 Å². The Morgan fingerprint density at radius 1 is 1.29 bits per heavy atom. The molecule has 2 N–H and O–H groups in total. The fraction of sp³-hybridized carbons (Fsp3) is 0.409. The van der Waals surface area contributed by atoms with E-state index in [0.29, 0.717) is 18.4 Å². The lowest BCUT2D eigenvalue weighted by atomic mass is 10.0. The van der Waals surface area contributed by atoms with Gasteiger partial charge in [-0.05, 0) is 37.7 Å². The average Bonchev–Trinajstić information content (AvgIpc) is 3.23. The van der Waals surface area contributed by atoms with Gasteiger partial charge < -0.3 is 29.7 Å². The summed E-state index contributed by atoms with van der Waals surface area (Å²) in [6, 6.07) is 8.14. The number of fused-ring (bicyclic) bond motifs is 1. The third kappa shape index (κ3) is 4.27. The molecule has 2 aromatic heterocycles. The quantitative estimate of drug-likeness (QED) is 0.565. The van der Waals surface area contributed by atoms with Crippen LogP contribution in [0.15, 0.2) is 30.5 Å². The number of nitrogens with one attached hydrogen (secondary N) is 2. The summed E-state index contributed by atoms with van der Waals surface area (Å²) in [6.45, 7) is 4.88. The van der Waals surface area contributed by atoms with E-state index < -0.39 is 0 Å². The second kappa shape index (κ2) is 8.81. The number of rotatable bonds is 7.